The van der Waals surface area contributed by atoms with Crippen LogP contribution >= 0.6 is 11.6 Å². The summed E-state index contributed by atoms with van der Waals surface area (Å²) in [7, 11) is 0. The molecule has 1 atom stereocenters. The average Bonchev–Trinajstić information content (AvgIpc) is 3.39. The van der Waals surface area contributed by atoms with Gasteiger partial charge in [-0.2, -0.15) is 0 Å². The molecule has 0 heterocycles. The van der Waals surface area contributed by atoms with Gasteiger partial charge in [-0.15, -0.1) is 0 Å². The minimum Gasteiger partial charge on any atom is -0.377 e. The molecular formula is C18H18ClN3O3. The van der Waals surface area contributed by atoms with E-state index in [-0.39, 0.29) is 23.2 Å². The summed E-state index contributed by atoms with van der Waals surface area (Å²) in [4.78, 5) is 23.3. The molecule has 0 spiro atoms. The summed E-state index contributed by atoms with van der Waals surface area (Å²) in [5, 5.41) is 17.8. The van der Waals surface area contributed by atoms with Gasteiger partial charge in [0.2, 0.25) is 0 Å². The first kappa shape index (κ1) is 17.2. The lowest BCUT2D eigenvalue weighted by molar-refractivity contribution is -0.384. The summed E-state index contributed by atoms with van der Waals surface area (Å²) in [5.41, 5.74) is 1.39. The standard InChI is InChI=1S/C18H18ClN3O3/c1-11(14-4-2-3-5-15(14)19)20-18(23)12-6-9-16(21-13-7-8-13)17(10-12)22(24)25/h2-6,9-11,13,21H,7-8H2,1H3,(H,20,23). The molecule has 0 saturated heterocycles. The number of hydrogen-bond acceptors (Lipinski definition) is 4. The van der Waals surface area contributed by atoms with Crippen molar-refractivity contribution in [2.45, 2.75) is 31.8 Å². The van der Waals surface area contributed by atoms with E-state index in [0.29, 0.717) is 16.8 Å². The lowest BCUT2D eigenvalue weighted by atomic mass is 10.1. The van der Waals surface area contributed by atoms with Gasteiger partial charge in [-0.05, 0) is 43.5 Å². The number of anilines is 1. The van der Waals surface area contributed by atoms with Crippen LogP contribution in [-0.4, -0.2) is 16.9 Å². The van der Waals surface area contributed by atoms with E-state index in [1.807, 2.05) is 25.1 Å². The third-order valence-corrected chi connectivity index (χ3v) is 4.46. The first-order valence-electron chi connectivity index (χ1n) is 8.06. The van der Waals surface area contributed by atoms with E-state index in [9.17, 15) is 14.9 Å². The fourth-order valence-electron chi connectivity index (χ4n) is 2.58. The van der Waals surface area contributed by atoms with Crippen LogP contribution < -0.4 is 10.6 Å². The molecule has 130 valence electrons. The van der Waals surface area contributed by atoms with E-state index in [2.05, 4.69) is 10.6 Å². The summed E-state index contributed by atoms with van der Waals surface area (Å²) in [5.74, 6) is -0.381. The van der Waals surface area contributed by atoms with Crippen molar-refractivity contribution in [3.63, 3.8) is 0 Å². The molecule has 1 aliphatic carbocycles. The van der Waals surface area contributed by atoms with Crippen molar-refractivity contribution in [2.75, 3.05) is 5.32 Å². The molecule has 1 unspecified atom stereocenters. The molecule has 0 aromatic heterocycles. The Morgan fingerprint density at radius 2 is 2.00 bits per heavy atom. The zero-order valence-corrected chi connectivity index (χ0v) is 14.4. The second-order valence-electron chi connectivity index (χ2n) is 6.12. The second-order valence-corrected chi connectivity index (χ2v) is 6.53. The van der Waals surface area contributed by atoms with Gasteiger partial charge in [0.1, 0.15) is 5.69 Å². The molecule has 6 nitrogen and oxygen atoms in total. The van der Waals surface area contributed by atoms with Crippen LogP contribution in [-0.2, 0) is 0 Å². The normalized spacial score (nSPS) is 14.6. The highest BCUT2D eigenvalue weighted by atomic mass is 35.5. The molecule has 1 amide bonds. The highest BCUT2D eigenvalue weighted by Gasteiger charge is 2.26. The van der Waals surface area contributed by atoms with Crippen molar-refractivity contribution in [1.82, 2.24) is 5.32 Å². The molecule has 0 aliphatic heterocycles. The molecule has 0 bridgehead atoms. The monoisotopic (exact) mass is 359 g/mol. The van der Waals surface area contributed by atoms with E-state index in [4.69, 9.17) is 11.6 Å². The van der Waals surface area contributed by atoms with Crippen molar-refractivity contribution < 1.29 is 9.72 Å². The molecule has 3 rings (SSSR count). The summed E-state index contributed by atoms with van der Waals surface area (Å²) < 4.78 is 0. The Hall–Kier alpha value is -2.60. The van der Waals surface area contributed by atoms with Crippen LogP contribution in [0.4, 0.5) is 11.4 Å². The van der Waals surface area contributed by atoms with Crippen molar-refractivity contribution in [2.24, 2.45) is 0 Å². The number of carbonyl (C=O) groups excluding carboxylic acids is 1. The Balaban J connectivity index is 1.78. The molecule has 1 fully saturated rings. The number of nitro benzene ring substituents is 1. The molecular weight excluding hydrogens is 342 g/mol. The van der Waals surface area contributed by atoms with Gasteiger partial charge in [-0.3, -0.25) is 14.9 Å². The summed E-state index contributed by atoms with van der Waals surface area (Å²) in [6, 6.07) is 11.7. The Bertz CT molecular complexity index is 821. The number of nitrogens with zero attached hydrogens (tertiary/aromatic N) is 1. The van der Waals surface area contributed by atoms with Crippen molar-refractivity contribution in [1.29, 1.82) is 0 Å². The molecule has 2 aromatic rings. The SMILES string of the molecule is CC(NC(=O)c1ccc(NC2CC2)c([N+](=O)[O-])c1)c1ccccc1Cl. The van der Waals surface area contributed by atoms with E-state index >= 15 is 0 Å². The van der Waals surface area contributed by atoms with Crippen molar-refractivity contribution >= 4 is 28.9 Å². The summed E-state index contributed by atoms with van der Waals surface area (Å²) in [6.07, 6.45) is 2.02. The lowest BCUT2D eigenvalue weighted by Crippen LogP contribution is -2.27. The molecule has 25 heavy (non-hydrogen) atoms. The van der Waals surface area contributed by atoms with Crippen LogP contribution in [0.5, 0.6) is 0 Å². The quantitative estimate of drug-likeness (QED) is 0.594. The molecule has 2 aromatic carbocycles. The van der Waals surface area contributed by atoms with Gasteiger partial charge in [0, 0.05) is 22.7 Å². The smallest absolute Gasteiger partial charge is 0.293 e. The van der Waals surface area contributed by atoms with Gasteiger partial charge in [-0.25, -0.2) is 0 Å². The Morgan fingerprint density at radius 1 is 1.28 bits per heavy atom. The zero-order chi connectivity index (χ0) is 18.0. The highest BCUT2D eigenvalue weighted by molar-refractivity contribution is 6.31. The third kappa shape index (κ3) is 4.09. The number of nitro groups is 1. The fourth-order valence-corrected chi connectivity index (χ4v) is 2.88. The van der Waals surface area contributed by atoms with E-state index < -0.39 is 4.92 Å². The van der Waals surface area contributed by atoms with E-state index in [1.54, 1.807) is 18.2 Å². The van der Waals surface area contributed by atoms with Gasteiger partial charge >= 0.3 is 0 Å². The van der Waals surface area contributed by atoms with Gasteiger partial charge in [0.15, 0.2) is 0 Å². The highest BCUT2D eigenvalue weighted by Crippen LogP contribution is 2.31. The van der Waals surface area contributed by atoms with Gasteiger partial charge in [0.25, 0.3) is 11.6 Å². The average molecular weight is 360 g/mol. The lowest BCUT2D eigenvalue weighted by Gasteiger charge is -2.16. The van der Waals surface area contributed by atoms with Gasteiger partial charge in [0.05, 0.1) is 11.0 Å². The largest absolute Gasteiger partial charge is 0.377 e. The van der Waals surface area contributed by atoms with Crippen LogP contribution in [0.25, 0.3) is 0 Å². The number of amides is 1. The molecule has 1 aliphatic rings. The molecule has 2 N–H and O–H groups in total. The minimum atomic E-state index is -0.473. The second kappa shape index (κ2) is 7.11. The number of halogens is 1. The third-order valence-electron chi connectivity index (χ3n) is 4.11. The van der Waals surface area contributed by atoms with E-state index in [0.717, 1.165) is 18.4 Å². The fraction of sp³-hybridized carbons (Fsp3) is 0.278. The van der Waals surface area contributed by atoms with Crippen LogP contribution in [0.2, 0.25) is 5.02 Å². The maximum absolute atomic E-state index is 12.5. The maximum atomic E-state index is 12.5. The summed E-state index contributed by atoms with van der Waals surface area (Å²) >= 11 is 6.14. The van der Waals surface area contributed by atoms with E-state index in [1.165, 1.54) is 6.07 Å². The predicted octanol–water partition coefficient (Wildman–Crippen LogP) is 4.31. The minimum absolute atomic E-state index is 0.0926. The van der Waals surface area contributed by atoms with Crippen LogP contribution in [0.3, 0.4) is 0 Å². The predicted molar refractivity (Wildman–Crippen MR) is 97.1 cm³/mol. The number of benzene rings is 2. The van der Waals surface area contributed by atoms with Gasteiger partial charge in [-0.1, -0.05) is 29.8 Å². The van der Waals surface area contributed by atoms with Crippen LogP contribution in [0, 0.1) is 10.1 Å². The molecule has 0 radical (unpaired) electrons. The zero-order valence-electron chi connectivity index (χ0n) is 13.7. The Labute approximate surface area is 150 Å². The van der Waals surface area contributed by atoms with Crippen LogP contribution in [0.15, 0.2) is 42.5 Å². The number of nitrogens with one attached hydrogen (secondary N) is 2. The number of hydrogen-bond donors (Lipinski definition) is 2. The summed E-state index contributed by atoms with van der Waals surface area (Å²) in [6.45, 7) is 1.82. The molecule has 7 heteroatoms. The first-order valence-corrected chi connectivity index (χ1v) is 8.44. The Morgan fingerprint density at radius 3 is 2.64 bits per heavy atom. The van der Waals surface area contributed by atoms with Gasteiger partial charge < -0.3 is 10.6 Å². The maximum Gasteiger partial charge on any atom is 0.293 e. The first-order chi connectivity index (χ1) is 12.0. The molecule has 1 saturated carbocycles. The number of carbonyl (C=O) groups is 1. The van der Waals surface area contributed by atoms with Crippen molar-refractivity contribution in [3.05, 3.63) is 68.7 Å². The van der Waals surface area contributed by atoms with Crippen molar-refractivity contribution in [3.8, 4) is 0 Å². The van der Waals surface area contributed by atoms with Crippen LogP contribution in [0.1, 0.15) is 41.7 Å². The number of rotatable bonds is 6. The topological polar surface area (TPSA) is 84.3 Å². The Kier molecular flexibility index (Phi) is 4.90.